The Hall–Kier alpha value is -1.64. The Morgan fingerprint density at radius 2 is 2.15 bits per heavy atom. The van der Waals surface area contributed by atoms with E-state index in [1.165, 1.54) is 0 Å². The van der Waals surface area contributed by atoms with Crippen LogP contribution in [0.15, 0.2) is 23.1 Å². The third kappa shape index (κ3) is 1.22. The third-order valence-electron chi connectivity index (χ3n) is 2.20. The van der Waals surface area contributed by atoms with Gasteiger partial charge in [0.2, 0.25) is 0 Å². The van der Waals surface area contributed by atoms with Gasteiger partial charge in [-0.25, -0.2) is 0 Å². The van der Waals surface area contributed by atoms with Crippen LogP contribution in [-0.4, -0.2) is 9.97 Å². The van der Waals surface area contributed by atoms with E-state index in [9.17, 15) is 4.79 Å². The maximum absolute atomic E-state index is 11.3. The largest absolute Gasteiger partial charge is 0.328 e. The van der Waals surface area contributed by atoms with E-state index < -0.39 is 0 Å². The predicted molar refractivity (Wildman–Crippen MR) is 51.8 cm³/mol. The summed E-state index contributed by atoms with van der Waals surface area (Å²) in [5.74, 6) is 0. The van der Waals surface area contributed by atoms with E-state index >= 15 is 0 Å². The average Bonchev–Trinajstić information content (AvgIpc) is 2.09. The minimum atomic E-state index is -0.0758. The van der Waals surface area contributed by atoms with Crippen molar-refractivity contribution in [3.63, 3.8) is 0 Å². The molecule has 0 bridgehead atoms. The van der Waals surface area contributed by atoms with E-state index in [0.717, 1.165) is 16.8 Å². The highest BCUT2D eigenvalue weighted by atomic mass is 16.1. The number of nitrogens with one attached hydrogen (secondary N) is 1. The van der Waals surface area contributed by atoms with E-state index in [1.807, 2.05) is 26.0 Å². The molecule has 0 aliphatic carbocycles. The molecule has 0 aliphatic heterocycles. The lowest BCUT2D eigenvalue weighted by Gasteiger charge is -2.00. The second-order valence-corrected chi connectivity index (χ2v) is 3.13. The summed E-state index contributed by atoms with van der Waals surface area (Å²) in [6, 6.07) is 3.68. The van der Waals surface area contributed by atoms with E-state index in [4.69, 9.17) is 0 Å². The molecule has 2 rings (SSSR count). The molecule has 0 saturated carbocycles. The van der Waals surface area contributed by atoms with Gasteiger partial charge < -0.3 is 4.98 Å². The zero-order valence-corrected chi connectivity index (χ0v) is 7.59. The molecule has 13 heavy (non-hydrogen) atoms. The molecule has 0 saturated heterocycles. The molecule has 0 aliphatic rings. The van der Waals surface area contributed by atoms with Crippen molar-refractivity contribution in [2.75, 3.05) is 0 Å². The van der Waals surface area contributed by atoms with Gasteiger partial charge in [-0.05, 0) is 31.5 Å². The molecule has 0 aromatic carbocycles. The second kappa shape index (κ2) is 2.69. The van der Waals surface area contributed by atoms with Crippen LogP contribution < -0.4 is 5.56 Å². The summed E-state index contributed by atoms with van der Waals surface area (Å²) in [4.78, 5) is 18.3. The van der Waals surface area contributed by atoms with Gasteiger partial charge in [0.15, 0.2) is 0 Å². The molecule has 0 spiro atoms. The van der Waals surface area contributed by atoms with E-state index in [0.29, 0.717) is 5.39 Å². The van der Waals surface area contributed by atoms with Crippen LogP contribution in [0.25, 0.3) is 10.9 Å². The number of pyridine rings is 2. The van der Waals surface area contributed by atoms with Crippen LogP contribution in [0.2, 0.25) is 0 Å². The molecule has 2 aromatic heterocycles. The average molecular weight is 174 g/mol. The van der Waals surface area contributed by atoms with Crippen LogP contribution in [0, 0.1) is 13.8 Å². The first kappa shape index (κ1) is 7.98. The summed E-state index contributed by atoms with van der Waals surface area (Å²) in [5.41, 5.74) is 2.70. The molecule has 0 unspecified atom stereocenters. The van der Waals surface area contributed by atoms with Crippen LogP contribution in [0.4, 0.5) is 0 Å². The smallest absolute Gasteiger partial charge is 0.257 e. The van der Waals surface area contributed by atoms with Crippen LogP contribution in [0.1, 0.15) is 11.3 Å². The van der Waals surface area contributed by atoms with Crippen LogP contribution in [0.3, 0.4) is 0 Å². The van der Waals surface area contributed by atoms with E-state index in [2.05, 4.69) is 9.97 Å². The van der Waals surface area contributed by atoms with Crippen molar-refractivity contribution < 1.29 is 0 Å². The fourth-order valence-electron chi connectivity index (χ4n) is 1.31. The maximum Gasteiger partial charge on any atom is 0.257 e. The number of H-pyrrole nitrogens is 1. The van der Waals surface area contributed by atoms with Gasteiger partial charge >= 0.3 is 0 Å². The lowest BCUT2D eigenvalue weighted by atomic mass is 10.1. The van der Waals surface area contributed by atoms with Crippen molar-refractivity contribution in [2.24, 2.45) is 0 Å². The van der Waals surface area contributed by atoms with Crippen molar-refractivity contribution in [2.45, 2.75) is 13.8 Å². The zero-order valence-electron chi connectivity index (χ0n) is 7.59. The summed E-state index contributed by atoms with van der Waals surface area (Å²) >= 11 is 0. The van der Waals surface area contributed by atoms with Gasteiger partial charge in [0.1, 0.15) is 0 Å². The molecule has 66 valence electrons. The molecule has 0 radical (unpaired) electrons. The normalized spacial score (nSPS) is 10.6. The SMILES string of the molecule is Cc1cc2c(=O)[nH]ccc2nc1C. The molecule has 0 fully saturated rings. The van der Waals surface area contributed by atoms with Gasteiger partial charge in [0.05, 0.1) is 10.9 Å². The van der Waals surface area contributed by atoms with E-state index in [-0.39, 0.29) is 5.56 Å². The van der Waals surface area contributed by atoms with Gasteiger partial charge in [-0.3, -0.25) is 9.78 Å². The molecule has 2 heterocycles. The van der Waals surface area contributed by atoms with Gasteiger partial charge in [0, 0.05) is 11.9 Å². The fraction of sp³-hybridized carbons (Fsp3) is 0.200. The van der Waals surface area contributed by atoms with Gasteiger partial charge in [0.25, 0.3) is 5.56 Å². The standard InChI is InChI=1S/C10H10N2O/c1-6-5-8-9(12-7(6)2)3-4-11-10(8)13/h3-5H,1-2H3,(H,11,13). The maximum atomic E-state index is 11.3. The lowest BCUT2D eigenvalue weighted by Crippen LogP contribution is -2.06. The Morgan fingerprint density at radius 1 is 1.38 bits per heavy atom. The van der Waals surface area contributed by atoms with Crippen LogP contribution in [-0.2, 0) is 0 Å². The van der Waals surface area contributed by atoms with Crippen LogP contribution in [0.5, 0.6) is 0 Å². The van der Waals surface area contributed by atoms with Crippen LogP contribution >= 0.6 is 0 Å². The molecule has 3 nitrogen and oxygen atoms in total. The lowest BCUT2D eigenvalue weighted by molar-refractivity contribution is 1.17. The number of fused-ring (bicyclic) bond motifs is 1. The summed E-state index contributed by atoms with van der Waals surface area (Å²) in [7, 11) is 0. The number of rotatable bonds is 0. The monoisotopic (exact) mass is 174 g/mol. The number of nitrogens with zero attached hydrogens (tertiary/aromatic N) is 1. The summed E-state index contributed by atoms with van der Waals surface area (Å²) in [6.07, 6.45) is 1.62. The molecule has 0 atom stereocenters. The van der Waals surface area contributed by atoms with Gasteiger partial charge in [-0.2, -0.15) is 0 Å². The highest BCUT2D eigenvalue weighted by molar-refractivity contribution is 5.77. The predicted octanol–water partition coefficient (Wildman–Crippen LogP) is 1.54. The highest BCUT2D eigenvalue weighted by Crippen LogP contribution is 2.10. The van der Waals surface area contributed by atoms with Crippen molar-refractivity contribution in [1.82, 2.24) is 9.97 Å². The van der Waals surface area contributed by atoms with Crippen molar-refractivity contribution >= 4 is 10.9 Å². The number of aryl methyl sites for hydroxylation is 2. The Kier molecular flexibility index (Phi) is 1.65. The second-order valence-electron chi connectivity index (χ2n) is 3.13. The summed E-state index contributed by atoms with van der Waals surface area (Å²) < 4.78 is 0. The number of aromatic amines is 1. The minimum absolute atomic E-state index is 0.0758. The minimum Gasteiger partial charge on any atom is -0.328 e. The molecule has 2 aromatic rings. The molecule has 1 N–H and O–H groups in total. The Labute approximate surface area is 75.4 Å². The summed E-state index contributed by atoms with van der Waals surface area (Å²) in [5, 5.41) is 0.658. The Balaban J connectivity index is 2.97. The Bertz CT molecular complexity index is 514. The van der Waals surface area contributed by atoms with Crippen molar-refractivity contribution in [1.29, 1.82) is 0 Å². The molecule has 3 heteroatoms. The first-order chi connectivity index (χ1) is 6.18. The first-order valence-electron chi connectivity index (χ1n) is 4.14. The Morgan fingerprint density at radius 3 is 2.92 bits per heavy atom. The van der Waals surface area contributed by atoms with E-state index in [1.54, 1.807) is 6.20 Å². The van der Waals surface area contributed by atoms with Crippen molar-refractivity contribution in [3.8, 4) is 0 Å². The third-order valence-corrected chi connectivity index (χ3v) is 2.20. The molecular formula is C10H10N2O. The summed E-state index contributed by atoms with van der Waals surface area (Å²) in [6.45, 7) is 3.89. The molecule has 0 amide bonds. The van der Waals surface area contributed by atoms with Gasteiger partial charge in [-0.15, -0.1) is 0 Å². The highest BCUT2D eigenvalue weighted by Gasteiger charge is 2.01. The number of hydrogen-bond acceptors (Lipinski definition) is 2. The number of hydrogen-bond donors (Lipinski definition) is 1. The first-order valence-corrected chi connectivity index (χ1v) is 4.14. The topological polar surface area (TPSA) is 45.8 Å². The quantitative estimate of drug-likeness (QED) is 0.658. The molecular weight excluding hydrogens is 164 g/mol. The number of aromatic nitrogens is 2. The fourth-order valence-corrected chi connectivity index (χ4v) is 1.31. The zero-order chi connectivity index (χ0) is 9.42. The van der Waals surface area contributed by atoms with Crippen molar-refractivity contribution in [3.05, 3.63) is 39.9 Å². The van der Waals surface area contributed by atoms with Gasteiger partial charge in [-0.1, -0.05) is 0 Å².